The number of fused-ring (bicyclic) bond motifs is 1. The second-order valence-electron chi connectivity index (χ2n) is 4.38. The summed E-state index contributed by atoms with van der Waals surface area (Å²) in [5.74, 6) is 0. The Labute approximate surface area is 94.9 Å². The van der Waals surface area contributed by atoms with E-state index in [0.29, 0.717) is 6.04 Å². The molecule has 1 aliphatic rings. The summed E-state index contributed by atoms with van der Waals surface area (Å²) in [6.07, 6.45) is 5.14. The van der Waals surface area contributed by atoms with Crippen LogP contribution >= 0.6 is 0 Å². The van der Waals surface area contributed by atoms with Crippen molar-refractivity contribution in [3.8, 4) is 5.69 Å². The first-order valence-electron chi connectivity index (χ1n) is 5.71. The second kappa shape index (κ2) is 3.76. The summed E-state index contributed by atoms with van der Waals surface area (Å²) in [6, 6.07) is 10.5. The van der Waals surface area contributed by atoms with Crippen LogP contribution in [0.4, 0.5) is 0 Å². The molecule has 0 fully saturated rings. The number of hydrogen-bond acceptors (Lipinski definition) is 2. The summed E-state index contributed by atoms with van der Waals surface area (Å²) >= 11 is 0. The molecule has 82 valence electrons. The van der Waals surface area contributed by atoms with Gasteiger partial charge in [-0.15, -0.1) is 0 Å². The smallest absolute Gasteiger partial charge is 0.0662 e. The van der Waals surface area contributed by atoms with Gasteiger partial charge >= 0.3 is 0 Å². The van der Waals surface area contributed by atoms with Crippen LogP contribution in [0.3, 0.4) is 0 Å². The Hall–Kier alpha value is -1.61. The lowest BCUT2D eigenvalue weighted by Crippen LogP contribution is -2.27. The molecule has 1 aliphatic carbocycles. The first-order chi connectivity index (χ1) is 7.83. The van der Waals surface area contributed by atoms with E-state index in [4.69, 9.17) is 5.73 Å². The standard InChI is InChI=1S/C13H15N3/c14-11-6-7-13-10(8-11)9-16(15-13)12-4-2-1-3-5-12/h1-5,9,11H,6-8,14H2. The van der Waals surface area contributed by atoms with E-state index in [-0.39, 0.29) is 0 Å². The van der Waals surface area contributed by atoms with E-state index < -0.39 is 0 Å². The Morgan fingerprint density at radius 3 is 2.88 bits per heavy atom. The minimum absolute atomic E-state index is 0.306. The molecule has 1 unspecified atom stereocenters. The molecule has 1 aromatic heterocycles. The number of rotatable bonds is 1. The summed E-state index contributed by atoms with van der Waals surface area (Å²) in [5.41, 5.74) is 9.60. The Bertz CT molecular complexity index is 487. The predicted octanol–water partition coefficient (Wildman–Crippen LogP) is 1.69. The van der Waals surface area contributed by atoms with Crippen LogP contribution in [-0.4, -0.2) is 15.8 Å². The van der Waals surface area contributed by atoms with Crippen LogP contribution in [0.25, 0.3) is 5.69 Å². The van der Waals surface area contributed by atoms with E-state index >= 15 is 0 Å². The molecule has 0 bridgehead atoms. The van der Waals surface area contributed by atoms with Crippen molar-refractivity contribution in [2.45, 2.75) is 25.3 Å². The topological polar surface area (TPSA) is 43.8 Å². The van der Waals surface area contributed by atoms with Crippen LogP contribution in [0.15, 0.2) is 36.5 Å². The summed E-state index contributed by atoms with van der Waals surface area (Å²) in [6.45, 7) is 0. The van der Waals surface area contributed by atoms with Crippen molar-refractivity contribution in [3.63, 3.8) is 0 Å². The third-order valence-corrected chi connectivity index (χ3v) is 3.13. The third kappa shape index (κ3) is 1.63. The van der Waals surface area contributed by atoms with Crippen LogP contribution in [0, 0.1) is 0 Å². The monoisotopic (exact) mass is 213 g/mol. The van der Waals surface area contributed by atoms with Gasteiger partial charge in [0, 0.05) is 12.2 Å². The van der Waals surface area contributed by atoms with Crippen molar-refractivity contribution in [3.05, 3.63) is 47.8 Å². The molecule has 3 nitrogen and oxygen atoms in total. The predicted molar refractivity (Wildman–Crippen MR) is 63.6 cm³/mol. The normalized spacial score (nSPS) is 19.4. The largest absolute Gasteiger partial charge is 0.327 e. The number of nitrogens with zero attached hydrogens (tertiary/aromatic N) is 2. The number of aromatic nitrogens is 2. The lowest BCUT2D eigenvalue weighted by molar-refractivity contribution is 0.570. The first-order valence-corrected chi connectivity index (χ1v) is 5.71. The molecule has 3 heteroatoms. The molecule has 1 atom stereocenters. The molecule has 0 radical (unpaired) electrons. The zero-order valence-electron chi connectivity index (χ0n) is 9.13. The highest BCUT2D eigenvalue weighted by atomic mass is 15.3. The van der Waals surface area contributed by atoms with E-state index in [1.54, 1.807) is 0 Å². The molecular weight excluding hydrogens is 198 g/mol. The highest BCUT2D eigenvalue weighted by molar-refractivity contribution is 5.33. The molecule has 0 saturated carbocycles. The SMILES string of the molecule is NC1CCc2nn(-c3ccccc3)cc2C1. The van der Waals surface area contributed by atoms with Crippen molar-refractivity contribution in [2.24, 2.45) is 5.73 Å². The Kier molecular flexibility index (Phi) is 2.26. The maximum absolute atomic E-state index is 5.96. The molecule has 0 spiro atoms. The fraction of sp³-hybridized carbons (Fsp3) is 0.308. The quantitative estimate of drug-likeness (QED) is 0.783. The molecule has 0 amide bonds. The van der Waals surface area contributed by atoms with Gasteiger partial charge in [0.25, 0.3) is 0 Å². The van der Waals surface area contributed by atoms with E-state index in [0.717, 1.165) is 24.9 Å². The average molecular weight is 213 g/mol. The van der Waals surface area contributed by atoms with Gasteiger partial charge in [0.2, 0.25) is 0 Å². The molecule has 0 aliphatic heterocycles. The highest BCUT2D eigenvalue weighted by Gasteiger charge is 2.18. The van der Waals surface area contributed by atoms with Gasteiger partial charge in [0.05, 0.1) is 11.4 Å². The van der Waals surface area contributed by atoms with Crippen molar-refractivity contribution in [1.82, 2.24) is 9.78 Å². The minimum Gasteiger partial charge on any atom is -0.327 e. The van der Waals surface area contributed by atoms with E-state index in [9.17, 15) is 0 Å². The van der Waals surface area contributed by atoms with Gasteiger partial charge in [-0.1, -0.05) is 18.2 Å². The van der Waals surface area contributed by atoms with Crippen LogP contribution in [-0.2, 0) is 12.8 Å². The molecule has 2 N–H and O–H groups in total. The fourth-order valence-electron chi connectivity index (χ4n) is 2.25. The number of nitrogens with two attached hydrogens (primary N) is 1. The summed E-state index contributed by atoms with van der Waals surface area (Å²) in [4.78, 5) is 0. The summed E-state index contributed by atoms with van der Waals surface area (Å²) in [7, 11) is 0. The molecular formula is C13H15N3. The molecule has 0 saturated heterocycles. The van der Waals surface area contributed by atoms with Gasteiger partial charge < -0.3 is 5.73 Å². The van der Waals surface area contributed by atoms with Crippen molar-refractivity contribution < 1.29 is 0 Å². The van der Waals surface area contributed by atoms with Gasteiger partial charge in [0.1, 0.15) is 0 Å². The highest BCUT2D eigenvalue weighted by Crippen LogP contribution is 2.20. The lowest BCUT2D eigenvalue weighted by atomic mass is 9.94. The first kappa shape index (κ1) is 9.60. The van der Waals surface area contributed by atoms with Crippen molar-refractivity contribution >= 4 is 0 Å². The summed E-state index contributed by atoms with van der Waals surface area (Å²) < 4.78 is 1.96. The van der Waals surface area contributed by atoms with Gasteiger partial charge in [0.15, 0.2) is 0 Å². The van der Waals surface area contributed by atoms with Crippen molar-refractivity contribution in [2.75, 3.05) is 0 Å². The summed E-state index contributed by atoms with van der Waals surface area (Å²) in [5, 5.41) is 4.62. The number of para-hydroxylation sites is 1. The van der Waals surface area contributed by atoms with Gasteiger partial charge in [-0.2, -0.15) is 5.10 Å². The Morgan fingerprint density at radius 1 is 1.25 bits per heavy atom. The van der Waals surface area contributed by atoms with Gasteiger partial charge in [-0.05, 0) is 37.0 Å². The maximum Gasteiger partial charge on any atom is 0.0662 e. The molecule has 1 heterocycles. The van der Waals surface area contributed by atoms with Crippen LogP contribution < -0.4 is 5.73 Å². The number of aryl methyl sites for hydroxylation is 1. The van der Waals surface area contributed by atoms with Crippen molar-refractivity contribution in [1.29, 1.82) is 0 Å². The molecule has 1 aromatic carbocycles. The van der Waals surface area contributed by atoms with E-state index in [2.05, 4.69) is 23.4 Å². The van der Waals surface area contributed by atoms with Crippen LogP contribution in [0.1, 0.15) is 17.7 Å². The number of benzene rings is 1. The minimum atomic E-state index is 0.306. The second-order valence-corrected chi connectivity index (χ2v) is 4.38. The lowest BCUT2D eigenvalue weighted by Gasteiger charge is -2.15. The molecule has 2 aromatic rings. The van der Waals surface area contributed by atoms with Gasteiger partial charge in [-0.3, -0.25) is 0 Å². The van der Waals surface area contributed by atoms with E-state index in [1.165, 1.54) is 11.3 Å². The van der Waals surface area contributed by atoms with Crippen LogP contribution in [0.2, 0.25) is 0 Å². The Morgan fingerprint density at radius 2 is 2.06 bits per heavy atom. The maximum atomic E-state index is 5.96. The zero-order chi connectivity index (χ0) is 11.0. The fourth-order valence-corrected chi connectivity index (χ4v) is 2.25. The molecule has 16 heavy (non-hydrogen) atoms. The third-order valence-electron chi connectivity index (χ3n) is 3.13. The number of hydrogen-bond donors (Lipinski definition) is 1. The van der Waals surface area contributed by atoms with Crippen LogP contribution in [0.5, 0.6) is 0 Å². The molecule has 3 rings (SSSR count). The zero-order valence-corrected chi connectivity index (χ0v) is 9.13. The van der Waals surface area contributed by atoms with E-state index in [1.807, 2.05) is 22.9 Å². The van der Waals surface area contributed by atoms with Gasteiger partial charge in [-0.25, -0.2) is 4.68 Å². The average Bonchev–Trinajstić information content (AvgIpc) is 2.73. The Balaban J connectivity index is 1.99.